The number of esters is 1. The summed E-state index contributed by atoms with van der Waals surface area (Å²) in [6, 6.07) is 12.7. The molecule has 16 nitrogen and oxygen atoms in total. The van der Waals surface area contributed by atoms with Crippen molar-refractivity contribution in [2.75, 3.05) is 12.3 Å². The van der Waals surface area contributed by atoms with Crippen LogP contribution in [-0.2, 0) is 32.3 Å². The van der Waals surface area contributed by atoms with Crippen molar-refractivity contribution in [3.63, 3.8) is 0 Å². The second-order valence-electron chi connectivity index (χ2n) is 10.2. The molecule has 0 bridgehead atoms. The van der Waals surface area contributed by atoms with E-state index in [0.717, 1.165) is 5.39 Å². The van der Waals surface area contributed by atoms with Crippen LogP contribution in [-0.4, -0.2) is 59.1 Å². The van der Waals surface area contributed by atoms with Crippen molar-refractivity contribution in [2.24, 2.45) is 7.05 Å². The lowest BCUT2D eigenvalue weighted by Crippen LogP contribution is -2.36. The average molecular weight is 660 g/mol. The Kier molecular flexibility index (Phi) is 9.55. The summed E-state index contributed by atoms with van der Waals surface area (Å²) in [4.78, 5) is 43.1. The van der Waals surface area contributed by atoms with E-state index in [1.165, 1.54) is 53.3 Å². The molecule has 45 heavy (non-hydrogen) atoms. The van der Waals surface area contributed by atoms with Crippen molar-refractivity contribution in [3.05, 3.63) is 87.2 Å². The van der Waals surface area contributed by atoms with Gasteiger partial charge in [-0.05, 0) is 29.4 Å². The minimum absolute atomic E-state index is 0.0755. The van der Waals surface area contributed by atoms with Gasteiger partial charge in [-0.2, -0.15) is 10.1 Å². The molecule has 1 aliphatic rings. The third kappa shape index (κ3) is 7.34. The molecule has 2 aromatic carbocycles. The van der Waals surface area contributed by atoms with E-state index in [4.69, 9.17) is 19.5 Å². The van der Waals surface area contributed by atoms with Crippen LogP contribution in [0.4, 0.5) is 11.8 Å². The number of aromatic nitrogens is 4. The van der Waals surface area contributed by atoms with Gasteiger partial charge in [-0.3, -0.25) is 13.9 Å². The molecule has 4 N–H and O–H groups in total. The van der Waals surface area contributed by atoms with E-state index >= 15 is 0 Å². The van der Waals surface area contributed by atoms with Crippen molar-refractivity contribution in [3.8, 4) is 5.75 Å². The van der Waals surface area contributed by atoms with E-state index in [1.54, 1.807) is 24.3 Å². The Morgan fingerprint density at radius 2 is 2.04 bits per heavy atom. The minimum atomic E-state index is -4.34. The number of aliphatic hydroxyl groups is 1. The van der Waals surface area contributed by atoms with Crippen LogP contribution in [0.3, 0.4) is 0 Å². The topological polar surface area (TPSA) is 216 Å². The second-order valence-corrected chi connectivity index (χ2v) is 13.3. The summed E-state index contributed by atoms with van der Waals surface area (Å²) in [7, 11) is -2.92. The van der Waals surface area contributed by atoms with Gasteiger partial charge in [0.15, 0.2) is 5.69 Å². The first-order valence-electron chi connectivity index (χ1n) is 13.6. The predicted molar refractivity (Wildman–Crippen MR) is 164 cm³/mol. The van der Waals surface area contributed by atoms with Gasteiger partial charge in [-0.1, -0.05) is 41.4 Å². The molecule has 4 aromatic rings. The number of nitrogens with two attached hydrogens (primary N) is 1. The monoisotopic (exact) mass is 659 g/mol. The maximum atomic E-state index is 14.2. The maximum absolute atomic E-state index is 14.2. The smallest absolute Gasteiger partial charge is 0.456 e. The van der Waals surface area contributed by atoms with Crippen molar-refractivity contribution >= 4 is 48.0 Å². The molecule has 2 aromatic heterocycles. The molecule has 18 heteroatoms. The van der Waals surface area contributed by atoms with Crippen LogP contribution in [0.5, 0.6) is 5.75 Å². The molecule has 238 valence electrons. The van der Waals surface area contributed by atoms with Gasteiger partial charge in [-0.25, -0.2) is 13.9 Å². The number of carbonyl (C=O) groups is 1. The van der Waals surface area contributed by atoms with E-state index in [9.17, 15) is 29.4 Å². The Labute approximate surface area is 260 Å². The molecule has 1 fully saturated rings. The number of ether oxygens (including phenoxy) is 1. The quantitative estimate of drug-likeness (QED) is 0.0863. The molecule has 0 amide bonds. The Morgan fingerprint density at radius 3 is 2.78 bits per heavy atom. The number of nitrogens with zero attached hydrogens (tertiary/aromatic N) is 5. The van der Waals surface area contributed by atoms with Crippen molar-refractivity contribution in [2.45, 2.75) is 42.7 Å². The highest BCUT2D eigenvalue weighted by molar-refractivity contribution is 8.00. The lowest BCUT2D eigenvalue weighted by atomic mass is 10.1. The van der Waals surface area contributed by atoms with E-state index in [1.807, 2.05) is 18.2 Å². The highest BCUT2D eigenvalue weighted by Crippen LogP contribution is 2.49. The fraction of sp³-hybridized carbons (Fsp3) is 0.333. The number of nitro groups is 1. The first-order valence-corrected chi connectivity index (χ1v) is 16.1. The van der Waals surface area contributed by atoms with Gasteiger partial charge in [0.2, 0.25) is 0 Å². The number of imidazole rings is 1. The number of anilines is 1. The highest BCUT2D eigenvalue weighted by Gasteiger charge is 2.39. The standard InChI is InChI=1S/C27H30N7O9PS/c1-16(25(36)41-14-18-13-29-26(32(18)2)34(38)39)31-44(40,43-21-9-5-7-17-6-3-4-8-19(17)21)42-15-22-20(35)12-24(45-22)33-11-10-23(28)30-27(33)37/h3-11,13,16,20,22,24,35H,12,14-15H2,1-2H3,(H,31,40)(H2,28,30,37)/t16-,20+,22+,24+,44?/m0/s1. The fourth-order valence-corrected chi connectivity index (χ4v) is 7.72. The molecule has 1 aliphatic heterocycles. The Hall–Kier alpha value is -4.28. The molecule has 0 radical (unpaired) electrons. The van der Waals surface area contributed by atoms with E-state index in [0.29, 0.717) is 5.39 Å². The first kappa shape index (κ1) is 32.1. The van der Waals surface area contributed by atoms with E-state index in [2.05, 4.69) is 15.1 Å². The summed E-state index contributed by atoms with van der Waals surface area (Å²) in [5, 5.41) is 24.8. The van der Waals surface area contributed by atoms with Crippen LogP contribution in [0.25, 0.3) is 10.8 Å². The molecular formula is C27H30N7O9PS. The third-order valence-electron chi connectivity index (χ3n) is 7.03. The zero-order valence-corrected chi connectivity index (χ0v) is 25.8. The molecule has 1 unspecified atom stereocenters. The normalized spacial score (nSPS) is 20.0. The number of nitrogens with one attached hydrogen (secondary N) is 1. The molecule has 3 heterocycles. The molecular weight excluding hydrogens is 629 g/mol. The zero-order chi connectivity index (χ0) is 32.3. The van der Waals surface area contributed by atoms with Crippen LogP contribution in [0.2, 0.25) is 0 Å². The van der Waals surface area contributed by atoms with Crippen LogP contribution in [0, 0.1) is 10.1 Å². The number of hydrogen-bond acceptors (Lipinski definition) is 13. The summed E-state index contributed by atoms with van der Waals surface area (Å²) in [6.45, 7) is 0.796. The van der Waals surface area contributed by atoms with Crippen LogP contribution >= 0.6 is 19.5 Å². The number of thioether (sulfide) groups is 1. The van der Waals surface area contributed by atoms with Crippen molar-refractivity contribution in [1.29, 1.82) is 0 Å². The number of benzene rings is 2. The number of fused-ring (bicyclic) bond motifs is 1. The number of carbonyl (C=O) groups excluding carboxylic acids is 1. The number of rotatable bonds is 12. The fourth-order valence-electron chi connectivity index (χ4n) is 4.64. The van der Waals surface area contributed by atoms with Crippen LogP contribution in [0.15, 0.2) is 65.7 Å². The number of hydrogen-bond donors (Lipinski definition) is 3. The van der Waals surface area contributed by atoms with E-state index in [-0.39, 0.29) is 36.9 Å². The highest BCUT2D eigenvalue weighted by atomic mass is 32.2. The largest absolute Gasteiger partial charge is 0.459 e. The van der Waals surface area contributed by atoms with Crippen LogP contribution < -0.4 is 21.0 Å². The summed E-state index contributed by atoms with van der Waals surface area (Å²) in [5.74, 6) is -0.953. The molecule has 5 rings (SSSR count). The van der Waals surface area contributed by atoms with Crippen LogP contribution in [0.1, 0.15) is 24.4 Å². The van der Waals surface area contributed by atoms with Gasteiger partial charge >= 0.3 is 25.4 Å². The lowest BCUT2D eigenvalue weighted by Gasteiger charge is -2.25. The predicted octanol–water partition coefficient (Wildman–Crippen LogP) is 2.91. The molecule has 0 spiro atoms. The summed E-state index contributed by atoms with van der Waals surface area (Å²) >= 11 is 1.23. The van der Waals surface area contributed by atoms with Crippen molar-refractivity contribution < 1.29 is 33.2 Å². The summed E-state index contributed by atoms with van der Waals surface area (Å²) < 4.78 is 33.8. The lowest BCUT2D eigenvalue weighted by molar-refractivity contribution is -0.396. The van der Waals surface area contributed by atoms with E-state index < -0.39 is 53.0 Å². The van der Waals surface area contributed by atoms with Gasteiger partial charge in [0.05, 0.1) is 30.4 Å². The molecule has 0 saturated carbocycles. The minimum Gasteiger partial charge on any atom is -0.456 e. The van der Waals surface area contributed by atoms with Gasteiger partial charge in [0, 0.05) is 18.0 Å². The third-order valence-corrected chi connectivity index (χ3v) is 10.2. The second kappa shape index (κ2) is 13.4. The van der Waals surface area contributed by atoms with Gasteiger partial charge in [0.25, 0.3) is 0 Å². The van der Waals surface area contributed by atoms with Gasteiger partial charge in [-0.15, -0.1) is 11.8 Å². The SMILES string of the molecule is C[C@H](NP(=O)(OC[C@H]1S[C@@H](n2ccc(N)nc2=O)C[C@H]1O)Oc1cccc2ccccc12)C(=O)OCc1cnc([N+](=O)[O-])n1C. The van der Waals surface area contributed by atoms with Gasteiger partial charge < -0.3 is 30.2 Å². The summed E-state index contributed by atoms with van der Waals surface area (Å²) in [5.41, 5.74) is 5.29. The summed E-state index contributed by atoms with van der Waals surface area (Å²) in [6.07, 6.45) is 1.97. The Bertz CT molecular complexity index is 1830. The zero-order valence-electron chi connectivity index (χ0n) is 24.1. The number of nitrogen functional groups attached to an aromatic ring is 1. The number of aliphatic hydroxyl groups excluding tert-OH is 1. The Morgan fingerprint density at radius 1 is 1.29 bits per heavy atom. The molecule has 5 atom stereocenters. The maximum Gasteiger partial charge on any atom is 0.459 e. The molecule has 0 aliphatic carbocycles. The Balaban J connectivity index is 1.32. The molecule has 1 saturated heterocycles. The first-order chi connectivity index (χ1) is 21.4. The van der Waals surface area contributed by atoms with Crippen molar-refractivity contribution in [1.82, 2.24) is 24.2 Å². The van der Waals surface area contributed by atoms with Gasteiger partial charge in [0.1, 0.15) is 30.4 Å². The average Bonchev–Trinajstić information content (AvgIpc) is 3.56.